The van der Waals surface area contributed by atoms with Gasteiger partial charge < -0.3 is 5.11 Å². The van der Waals surface area contributed by atoms with Crippen molar-refractivity contribution in [3.05, 3.63) is 35.7 Å². The summed E-state index contributed by atoms with van der Waals surface area (Å²) in [5.41, 5.74) is 0.883. The van der Waals surface area contributed by atoms with Gasteiger partial charge in [0.1, 0.15) is 5.25 Å². The van der Waals surface area contributed by atoms with E-state index in [0.29, 0.717) is 19.3 Å². The molecule has 0 amide bonds. The quantitative estimate of drug-likeness (QED) is 0.569. The Kier molecular flexibility index (Phi) is 7.75. The second-order valence-corrected chi connectivity index (χ2v) is 8.75. The number of nitrogens with zero attached hydrogens (tertiary/aromatic N) is 1. The zero-order valence-corrected chi connectivity index (χ0v) is 16.3. The zero-order valence-electron chi connectivity index (χ0n) is 15.5. The molecule has 0 spiro atoms. The van der Waals surface area contributed by atoms with Crippen molar-refractivity contribution in [1.82, 2.24) is 4.68 Å². The Morgan fingerprint density at radius 3 is 2.73 bits per heavy atom. The van der Waals surface area contributed by atoms with E-state index in [1.807, 2.05) is 12.1 Å². The van der Waals surface area contributed by atoms with Gasteiger partial charge in [-0.3, -0.25) is 4.68 Å². The van der Waals surface area contributed by atoms with Gasteiger partial charge in [-0.2, -0.15) is 0 Å². The van der Waals surface area contributed by atoms with E-state index in [4.69, 9.17) is 0 Å². The molecular formula is C19H30N2O4S. The van der Waals surface area contributed by atoms with Gasteiger partial charge in [-0.1, -0.05) is 45.1 Å². The maximum absolute atomic E-state index is 12.7. The largest absolute Gasteiger partial charge is 0.478 e. The van der Waals surface area contributed by atoms with Crippen molar-refractivity contribution < 1.29 is 18.3 Å². The average molecular weight is 383 g/mol. The maximum Gasteiger partial charge on any atom is 0.332 e. The lowest BCUT2D eigenvalue weighted by Crippen LogP contribution is -2.37. The minimum absolute atomic E-state index is 0.0200. The third-order valence-corrected chi connectivity index (χ3v) is 6.54. The Labute approximate surface area is 156 Å². The third kappa shape index (κ3) is 5.62. The average Bonchev–Trinajstić information content (AvgIpc) is 3.04. The van der Waals surface area contributed by atoms with Crippen molar-refractivity contribution in [3.8, 4) is 0 Å². The van der Waals surface area contributed by atoms with Crippen LogP contribution < -0.4 is 4.83 Å². The molecule has 0 radical (unpaired) electrons. The summed E-state index contributed by atoms with van der Waals surface area (Å²) in [5, 5.41) is 8.29. The number of aryl methyl sites for hydroxylation is 1. The molecule has 1 aliphatic rings. The molecule has 2 N–H and O–H groups in total. The van der Waals surface area contributed by atoms with Crippen LogP contribution in [0.25, 0.3) is 0 Å². The van der Waals surface area contributed by atoms with Crippen LogP contribution in [0.4, 0.5) is 0 Å². The molecule has 26 heavy (non-hydrogen) atoms. The van der Waals surface area contributed by atoms with Gasteiger partial charge in [0.25, 0.3) is 10.0 Å². The zero-order chi connectivity index (χ0) is 19.0. The predicted octanol–water partition coefficient (Wildman–Crippen LogP) is 3.83. The van der Waals surface area contributed by atoms with Crippen LogP contribution in [-0.2, 0) is 21.2 Å². The highest BCUT2D eigenvalue weighted by atomic mass is 32.2. The fourth-order valence-corrected chi connectivity index (χ4v) is 4.98. The molecule has 1 heterocycles. The highest BCUT2D eigenvalue weighted by Crippen LogP contribution is 2.25. The van der Waals surface area contributed by atoms with Crippen LogP contribution in [0.15, 0.2) is 30.0 Å². The molecule has 1 aromatic rings. The number of allylic oxidation sites excluding steroid dienone is 1. The van der Waals surface area contributed by atoms with Crippen LogP contribution in [0.3, 0.4) is 0 Å². The van der Waals surface area contributed by atoms with E-state index < -0.39 is 21.2 Å². The van der Waals surface area contributed by atoms with Gasteiger partial charge in [0.2, 0.25) is 0 Å². The SMILES string of the molecule is CCCCCCCCc1cccn1NS(=O)(=O)C1CCCC=C1C(=O)O. The number of carboxylic acid groups (broad SMARTS) is 1. The summed E-state index contributed by atoms with van der Waals surface area (Å²) in [5.74, 6) is -1.15. The minimum atomic E-state index is -3.80. The molecule has 1 aliphatic carbocycles. The van der Waals surface area contributed by atoms with Gasteiger partial charge in [-0.25, -0.2) is 18.0 Å². The Morgan fingerprint density at radius 2 is 2.00 bits per heavy atom. The number of nitrogens with one attached hydrogen (secondary N) is 1. The van der Waals surface area contributed by atoms with E-state index in [-0.39, 0.29) is 5.57 Å². The lowest BCUT2D eigenvalue weighted by molar-refractivity contribution is -0.132. The summed E-state index contributed by atoms with van der Waals surface area (Å²) in [4.78, 5) is 13.9. The van der Waals surface area contributed by atoms with Crippen LogP contribution in [0, 0.1) is 0 Å². The molecule has 1 aromatic heterocycles. The first-order valence-electron chi connectivity index (χ1n) is 9.57. The Bertz CT molecular complexity index is 722. The topological polar surface area (TPSA) is 88.4 Å². The van der Waals surface area contributed by atoms with E-state index in [1.165, 1.54) is 36.4 Å². The Morgan fingerprint density at radius 1 is 1.27 bits per heavy atom. The normalized spacial score (nSPS) is 17.7. The fraction of sp³-hybridized carbons (Fsp3) is 0.632. The Hall–Kier alpha value is -1.76. The van der Waals surface area contributed by atoms with Crippen LogP contribution in [-0.4, -0.2) is 29.4 Å². The number of unbranched alkanes of at least 4 members (excludes halogenated alkanes) is 5. The van der Waals surface area contributed by atoms with Crippen LogP contribution in [0.1, 0.15) is 70.4 Å². The van der Waals surface area contributed by atoms with Crippen molar-refractivity contribution in [1.29, 1.82) is 0 Å². The number of hydrogen-bond donors (Lipinski definition) is 2. The number of carbonyl (C=O) groups is 1. The standard InChI is InChI=1S/C19H30N2O4S/c1-2-3-4-5-6-7-11-16-12-10-15-21(16)20-26(24,25)18-14-9-8-13-17(18)19(22)23/h10,12-13,15,18,20H,2-9,11,14H2,1H3,(H,22,23). The molecule has 146 valence electrons. The highest BCUT2D eigenvalue weighted by Gasteiger charge is 2.34. The molecule has 6 nitrogen and oxygen atoms in total. The van der Waals surface area contributed by atoms with Gasteiger partial charge in [0, 0.05) is 11.9 Å². The molecule has 0 saturated carbocycles. The number of sulfonamides is 1. The number of aromatic nitrogens is 1. The van der Waals surface area contributed by atoms with Crippen molar-refractivity contribution in [2.45, 2.75) is 76.4 Å². The number of aliphatic carboxylic acids is 1. The minimum Gasteiger partial charge on any atom is -0.478 e. The number of hydrogen-bond acceptors (Lipinski definition) is 3. The third-order valence-electron chi connectivity index (χ3n) is 4.85. The van der Waals surface area contributed by atoms with Gasteiger partial charge in [0.15, 0.2) is 0 Å². The second kappa shape index (κ2) is 9.80. The first-order valence-corrected chi connectivity index (χ1v) is 11.1. The molecule has 7 heteroatoms. The lowest BCUT2D eigenvalue weighted by atomic mass is 9.99. The molecule has 1 unspecified atom stereocenters. The van der Waals surface area contributed by atoms with Gasteiger partial charge >= 0.3 is 5.97 Å². The smallest absolute Gasteiger partial charge is 0.332 e. The first-order chi connectivity index (χ1) is 12.5. The van der Waals surface area contributed by atoms with Crippen LogP contribution in [0.5, 0.6) is 0 Å². The second-order valence-electron chi connectivity index (χ2n) is 6.91. The van der Waals surface area contributed by atoms with Crippen molar-refractivity contribution in [2.24, 2.45) is 0 Å². The van der Waals surface area contributed by atoms with Crippen LogP contribution in [0.2, 0.25) is 0 Å². The fourth-order valence-electron chi connectivity index (χ4n) is 3.39. The van der Waals surface area contributed by atoms with Crippen molar-refractivity contribution in [3.63, 3.8) is 0 Å². The van der Waals surface area contributed by atoms with Gasteiger partial charge in [-0.05, 0) is 44.2 Å². The van der Waals surface area contributed by atoms with E-state index in [2.05, 4.69) is 11.8 Å². The highest BCUT2D eigenvalue weighted by molar-refractivity contribution is 7.93. The monoisotopic (exact) mass is 382 g/mol. The van der Waals surface area contributed by atoms with E-state index in [1.54, 1.807) is 6.20 Å². The van der Waals surface area contributed by atoms with Gasteiger partial charge in [0.05, 0.1) is 5.57 Å². The van der Waals surface area contributed by atoms with E-state index in [0.717, 1.165) is 25.0 Å². The summed E-state index contributed by atoms with van der Waals surface area (Å²) in [7, 11) is -3.80. The molecule has 0 aliphatic heterocycles. The lowest BCUT2D eigenvalue weighted by Gasteiger charge is -2.23. The molecule has 0 fully saturated rings. The number of rotatable bonds is 11. The number of carboxylic acids is 1. The summed E-state index contributed by atoms with van der Waals surface area (Å²) in [6, 6.07) is 3.72. The molecule has 0 aromatic carbocycles. The molecule has 0 saturated heterocycles. The summed E-state index contributed by atoms with van der Waals surface area (Å²) >= 11 is 0. The molecule has 2 rings (SSSR count). The van der Waals surface area contributed by atoms with E-state index >= 15 is 0 Å². The van der Waals surface area contributed by atoms with Crippen molar-refractivity contribution >= 4 is 16.0 Å². The Balaban J connectivity index is 1.97. The predicted molar refractivity (Wildman–Crippen MR) is 103 cm³/mol. The van der Waals surface area contributed by atoms with Crippen molar-refractivity contribution in [2.75, 3.05) is 4.83 Å². The summed E-state index contributed by atoms with van der Waals surface area (Å²) < 4.78 is 27.0. The molecule has 1 atom stereocenters. The van der Waals surface area contributed by atoms with Gasteiger partial charge in [-0.15, -0.1) is 0 Å². The van der Waals surface area contributed by atoms with Crippen LogP contribution >= 0.6 is 0 Å². The summed E-state index contributed by atoms with van der Waals surface area (Å²) in [6.45, 7) is 2.19. The summed E-state index contributed by atoms with van der Waals surface area (Å²) in [6.07, 6.45) is 12.7. The maximum atomic E-state index is 12.7. The first kappa shape index (κ1) is 20.6. The van der Waals surface area contributed by atoms with E-state index in [9.17, 15) is 18.3 Å². The molecular weight excluding hydrogens is 352 g/mol. The molecule has 0 bridgehead atoms.